The zero-order valence-corrected chi connectivity index (χ0v) is 13.4. The number of ether oxygens (including phenoxy) is 1. The molecule has 0 saturated carbocycles. The van der Waals surface area contributed by atoms with E-state index in [1.807, 2.05) is 26.0 Å². The van der Waals surface area contributed by atoms with E-state index in [2.05, 4.69) is 30.7 Å². The molecule has 110 valence electrons. The number of hydrogen-bond acceptors (Lipinski definition) is 2. The van der Waals surface area contributed by atoms with Crippen molar-refractivity contribution >= 4 is 18.1 Å². The summed E-state index contributed by atoms with van der Waals surface area (Å²) in [5, 5.41) is 0. The SMILES string of the molecule is [C-]#[N+]c1c(C)cc(Oc2cc(C)c3c(c2)COB3C)cc1C. The summed E-state index contributed by atoms with van der Waals surface area (Å²) in [7, 11) is 0. The second kappa shape index (κ2) is 5.51. The largest absolute Gasteiger partial charge is 0.457 e. The highest BCUT2D eigenvalue weighted by Gasteiger charge is 2.26. The molecule has 1 aliphatic rings. The maximum absolute atomic E-state index is 7.22. The molecular formula is C18H18BNO2. The zero-order chi connectivity index (χ0) is 15.9. The van der Waals surface area contributed by atoms with Crippen LogP contribution >= 0.6 is 0 Å². The molecule has 3 rings (SSSR count). The minimum Gasteiger partial charge on any atom is -0.457 e. The molecule has 0 aromatic heterocycles. The topological polar surface area (TPSA) is 22.8 Å². The fourth-order valence-electron chi connectivity index (χ4n) is 3.18. The van der Waals surface area contributed by atoms with Crippen LogP contribution in [-0.4, -0.2) is 6.92 Å². The van der Waals surface area contributed by atoms with Crippen molar-refractivity contribution < 1.29 is 9.39 Å². The fraction of sp³-hybridized carbons (Fsp3) is 0.278. The summed E-state index contributed by atoms with van der Waals surface area (Å²) < 4.78 is 11.7. The molecule has 2 aromatic rings. The molecule has 1 heterocycles. The van der Waals surface area contributed by atoms with Gasteiger partial charge in [0.05, 0.1) is 13.2 Å². The monoisotopic (exact) mass is 291 g/mol. The van der Waals surface area contributed by atoms with E-state index in [0.29, 0.717) is 12.3 Å². The molecule has 0 spiro atoms. The second-order valence-electron chi connectivity index (χ2n) is 5.89. The molecule has 0 unspecified atom stereocenters. The van der Waals surface area contributed by atoms with Gasteiger partial charge in [-0.1, -0.05) is 6.82 Å². The molecule has 0 bridgehead atoms. The van der Waals surface area contributed by atoms with Crippen molar-refractivity contribution in [2.75, 3.05) is 0 Å². The lowest BCUT2D eigenvalue weighted by Gasteiger charge is -2.12. The van der Waals surface area contributed by atoms with Gasteiger partial charge in [-0.25, -0.2) is 4.85 Å². The third kappa shape index (κ3) is 2.49. The van der Waals surface area contributed by atoms with Crippen LogP contribution in [0.5, 0.6) is 11.5 Å². The maximum Gasteiger partial charge on any atom is 0.324 e. The number of hydrogen-bond donors (Lipinski definition) is 0. The first-order valence-electron chi connectivity index (χ1n) is 7.41. The van der Waals surface area contributed by atoms with Gasteiger partial charge in [0.2, 0.25) is 0 Å². The van der Waals surface area contributed by atoms with Gasteiger partial charge in [0.1, 0.15) is 11.5 Å². The van der Waals surface area contributed by atoms with E-state index in [4.69, 9.17) is 16.0 Å². The van der Waals surface area contributed by atoms with Crippen LogP contribution in [0.25, 0.3) is 4.85 Å². The summed E-state index contributed by atoms with van der Waals surface area (Å²) in [4.78, 5) is 3.57. The lowest BCUT2D eigenvalue weighted by molar-refractivity contribution is 0.333. The van der Waals surface area contributed by atoms with Crippen LogP contribution in [0.1, 0.15) is 22.3 Å². The van der Waals surface area contributed by atoms with Gasteiger partial charge in [-0.3, -0.25) is 0 Å². The molecular weight excluding hydrogens is 273 g/mol. The summed E-state index contributed by atoms with van der Waals surface area (Å²) in [6.07, 6.45) is 0. The van der Waals surface area contributed by atoms with Crippen LogP contribution in [-0.2, 0) is 11.3 Å². The van der Waals surface area contributed by atoms with Crippen molar-refractivity contribution in [3.63, 3.8) is 0 Å². The van der Waals surface area contributed by atoms with Crippen molar-refractivity contribution in [3.05, 3.63) is 57.9 Å². The molecule has 1 aliphatic heterocycles. The first-order chi connectivity index (χ1) is 10.5. The Morgan fingerprint density at radius 2 is 1.64 bits per heavy atom. The maximum atomic E-state index is 7.22. The van der Waals surface area contributed by atoms with Crippen molar-refractivity contribution in [1.29, 1.82) is 0 Å². The van der Waals surface area contributed by atoms with Crippen molar-refractivity contribution in [3.8, 4) is 11.5 Å². The average molecular weight is 291 g/mol. The van der Waals surface area contributed by atoms with E-state index < -0.39 is 0 Å². The third-order valence-electron chi connectivity index (χ3n) is 4.15. The molecule has 0 aliphatic carbocycles. The Bertz CT molecular complexity index is 769. The van der Waals surface area contributed by atoms with Crippen LogP contribution in [0.3, 0.4) is 0 Å². The highest BCUT2D eigenvalue weighted by Crippen LogP contribution is 2.32. The van der Waals surface area contributed by atoms with E-state index in [0.717, 1.165) is 22.6 Å². The normalized spacial score (nSPS) is 13.0. The van der Waals surface area contributed by atoms with E-state index in [1.54, 1.807) is 0 Å². The van der Waals surface area contributed by atoms with Gasteiger partial charge in [-0.05, 0) is 72.8 Å². The highest BCUT2D eigenvalue weighted by molar-refractivity contribution is 6.68. The second-order valence-corrected chi connectivity index (χ2v) is 5.89. The Balaban J connectivity index is 1.95. The van der Waals surface area contributed by atoms with Gasteiger partial charge in [0.15, 0.2) is 5.69 Å². The quantitative estimate of drug-likeness (QED) is 0.607. The Labute approximate surface area is 131 Å². The van der Waals surface area contributed by atoms with Gasteiger partial charge >= 0.3 is 6.92 Å². The Hall–Kier alpha value is -2.25. The Morgan fingerprint density at radius 1 is 1.05 bits per heavy atom. The molecule has 4 heteroatoms. The molecule has 0 amide bonds. The highest BCUT2D eigenvalue weighted by atomic mass is 16.5. The molecule has 22 heavy (non-hydrogen) atoms. The lowest BCUT2D eigenvalue weighted by atomic mass is 9.62. The molecule has 0 N–H and O–H groups in total. The third-order valence-corrected chi connectivity index (χ3v) is 4.15. The van der Waals surface area contributed by atoms with Crippen LogP contribution in [0.4, 0.5) is 5.69 Å². The molecule has 0 saturated heterocycles. The summed E-state index contributed by atoms with van der Waals surface area (Å²) in [6.45, 7) is 16.1. The first-order valence-corrected chi connectivity index (χ1v) is 7.41. The Morgan fingerprint density at radius 3 is 2.27 bits per heavy atom. The van der Waals surface area contributed by atoms with Gasteiger partial charge in [-0.15, -0.1) is 0 Å². The minimum atomic E-state index is 0.159. The standard InChI is InChI=1S/C18H18BNO2/c1-11-6-16(9-14-10-21-19(4)17(11)14)22-15-7-12(2)18(20-5)13(3)8-15/h6-9H,10H2,1-4H3. The summed E-state index contributed by atoms with van der Waals surface area (Å²) in [6, 6.07) is 7.95. The fourth-order valence-corrected chi connectivity index (χ4v) is 3.18. The molecule has 0 atom stereocenters. The van der Waals surface area contributed by atoms with Gasteiger partial charge in [0.25, 0.3) is 0 Å². The first kappa shape index (κ1) is 14.7. The van der Waals surface area contributed by atoms with Crippen LogP contribution in [0.15, 0.2) is 24.3 Å². The number of fused-ring (bicyclic) bond motifs is 1. The van der Waals surface area contributed by atoms with Crippen LogP contribution < -0.4 is 10.2 Å². The van der Waals surface area contributed by atoms with E-state index >= 15 is 0 Å². The summed E-state index contributed by atoms with van der Waals surface area (Å²) in [5.74, 6) is 1.59. The smallest absolute Gasteiger partial charge is 0.324 e. The summed E-state index contributed by atoms with van der Waals surface area (Å²) in [5.41, 5.74) is 6.28. The summed E-state index contributed by atoms with van der Waals surface area (Å²) >= 11 is 0. The number of rotatable bonds is 2. The van der Waals surface area contributed by atoms with Gasteiger partial charge < -0.3 is 9.39 Å². The molecule has 3 nitrogen and oxygen atoms in total. The Kier molecular flexibility index (Phi) is 3.68. The van der Waals surface area contributed by atoms with Crippen LogP contribution in [0, 0.1) is 27.3 Å². The molecule has 0 fully saturated rings. The predicted octanol–water partition coefficient (Wildman–Crippen LogP) is 4.31. The lowest BCUT2D eigenvalue weighted by Crippen LogP contribution is -2.26. The van der Waals surface area contributed by atoms with Crippen molar-refractivity contribution in [2.45, 2.75) is 34.2 Å². The molecule has 0 radical (unpaired) electrons. The zero-order valence-electron chi connectivity index (χ0n) is 13.4. The molecule has 2 aromatic carbocycles. The van der Waals surface area contributed by atoms with Gasteiger partial charge in [0, 0.05) is 0 Å². The van der Waals surface area contributed by atoms with E-state index in [1.165, 1.54) is 16.6 Å². The van der Waals surface area contributed by atoms with Crippen molar-refractivity contribution in [2.24, 2.45) is 0 Å². The predicted molar refractivity (Wildman–Crippen MR) is 89.5 cm³/mol. The van der Waals surface area contributed by atoms with E-state index in [9.17, 15) is 0 Å². The van der Waals surface area contributed by atoms with E-state index in [-0.39, 0.29) is 6.92 Å². The van der Waals surface area contributed by atoms with Crippen molar-refractivity contribution in [1.82, 2.24) is 0 Å². The number of nitrogens with zero attached hydrogens (tertiary/aromatic N) is 1. The van der Waals surface area contributed by atoms with Crippen LogP contribution in [0.2, 0.25) is 6.82 Å². The van der Waals surface area contributed by atoms with Gasteiger partial charge in [-0.2, -0.15) is 0 Å². The minimum absolute atomic E-state index is 0.159. The number of aryl methyl sites for hydroxylation is 3. The average Bonchev–Trinajstić information content (AvgIpc) is 2.80. The number of benzene rings is 2.